The van der Waals surface area contributed by atoms with Crippen LogP contribution in [-0.2, 0) is 23.9 Å². The minimum absolute atomic E-state index is 0.0870. The Balaban J connectivity index is 2.61. The number of amides is 1. The molecule has 9 nitrogen and oxygen atoms in total. The summed E-state index contributed by atoms with van der Waals surface area (Å²) in [6.07, 6.45) is 2.79. The van der Waals surface area contributed by atoms with Gasteiger partial charge in [-0.1, -0.05) is 20.8 Å². The molecule has 40 heavy (non-hydrogen) atoms. The fourth-order valence-electron chi connectivity index (χ4n) is 3.79. The molecule has 0 bridgehead atoms. The normalized spacial score (nSPS) is 19.9. The van der Waals surface area contributed by atoms with Crippen LogP contribution in [0.5, 0.6) is 0 Å². The molecule has 0 heterocycles. The van der Waals surface area contributed by atoms with Crippen LogP contribution in [0.1, 0.15) is 94.9 Å². The molecular formula is C29H52N2O7S2. The third kappa shape index (κ3) is 13.1. The number of hydrogen-bond donors (Lipinski definition) is 4. The molecule has 4 atom stereocenters. The summed E-state index contributed by atoms with van der Waals surface area (Å²) in [5.74, 6) is -1.57. The van der Waals surface area contributed by atoms with Gasteiger partial charge >= 0.3 is 11.9 Å². The summed E-state index contributed by atoms with van der Waals surface area (Å²) in [7, 11) is 0. The lowest BCUT2D eigenvalue weighted by molar-refractivity contribution is -0.145. The highest BCUT2D eigenvalue weighted by molar-refractivity contribution is 8.04. The van der Waals surface area contributed by atoms with Crippen molar-refractivity contribution in [3.05, 3.63) is 0 Å². The molecule has 232 valence electrons. The van der Waals surface area contributed by atoms with E-state index in [0.717, 1.165) is 12.8 Å². The zero-order chi connectivity index (χ0) is 31.1. The Labute approximate surface area is 249 Å². The van der Waals surface area contributed by atoms with Crippen molar-refractivity contribution < 1.29 is 34.1 Å². The molecule has 0 aromatic carbocycles. The van der Waals surface area contributed by atoms with Gasteiger partial charge in [0, 0.05) is 39.4 Å². The van der Waals surface area contributed by atoms with Crippen molar-refractivity contribution in [1.82, 2.24) is 10.6 Å². The predicted molar refractivity (Wildman–Crippen MR) is 163 cm³/mol. The van der Waals surface area contributed by atoms with E-state index in [1.807, 2.05) is 55.4 Å². The zero-order valence-corrected chi connectivity index (χ0v) is 27.6. The minimum atomic E-state index is -1.09. The summed E-state index contributed by atoms with van der Waals surface area (Å²) in [5, 5.41) is 25.6. The number of carbonyl (C=O) groups is 4. The summed E-state index contributed by atoms with van der Waals surface area (Å²) >= 11 is 3.12. The van der Waals surface area contributed by atoms with Crippen LogP contribution in [0.2, 0.25) is 0 Å². The van der Waals surface area contributed by atoms with Crippen molar-refractivity contribution >= 4 is 47.2 Å². The topological polar surface area (TPSA) is 142 Å². The SMILES string of the molecule is CC(C)(C)NC(CSC1CCC1SCC(NC(=O)C(C)(C)COC(C)(C)CCC(=O)C(C)(C)C)C(=O)O)C(=O)O. The molecule has 1 aliphatic rings. The Morgan fingerprint density at radius 3 is 1.70 bits per heavy atom. The molecule has 4 unspecified atom stereocenters. The Hall–Kier alpha value is -1.30. The number of rotatable bonds is 17. The van der Waals surface area contributed by atoms with Gasteiger partial charge < -0.3 is 20.3 Å². The quantitative estimate of drug-likeness (QED) is 0.186. The lowest BCUT2D eigenvalue weighted by Crippen LogP contribution is -2.50. The highest BCUT2D eigenvalue weighted by Gasteiger charge is 2.37. The van der Waals surface area contributed by atoms with Crippen LogP contribution in [0, 0.1) is 10.8 Å². The highest BCUT2D eigenvalue weighted by atomic mass is 32.2. The second kappa shape index (κ2) is 14.7. The van der Waals surface area contributed by atoms with Crippen LogP contribution in [0.25, 0.3) is 0 Å². The van der Waals surface area contributed by atoms with Gasteiger partial charge in [0.05, 0.1) is 17.6 Å². The third-order valence-electron chi connectivity index (χ3n) is 6.84. The number of carbonyl (C=O) groups excluding carboxylic acids is 2. The molecule has 11 heteroatoms. The van der Waals surface area contributed by atoms with Crippen molar-refractivity contribution in [2.45, 2.75) is 129 Å². The standard InChI is InChI=1S/C29H52N2O7S2/c1-26(2,3)22(32)13-14-29(9,10)38-17-28(7,8)25(37)30-18(23(33)34)15-39-20-11-12-21(20)40-16-19(24(35)36)31-27(4,5)6/h18-21,31H,11-17H2,1-10H3,(H,30,37)(H,33,34)(H,35,36). The van der Waals surface area contributed by atoms with Gasteiger partial charge in [-0.15, -0.1) is 0 Å². The van der Waals surface area contributed by atoms with Crippen molar-refractivity contribution in [1.29, 1.82) is 0 Å². The summed E-state index contributed by atoms with van der Waals surface area (Å²) < 4.78 is 6.04. The molecule has 0 saturated heterocycles. The number of thioether (sulfide) groups is 2. The lowest BCUT2D eigenvalue weighted by atomic mass is 9.86. The zero-order valence-electron chi connectivity index (χ0n) is 26.0. The Morgan fingerprint density at radius 1 is 0.825 bits per heavy atom. The summed E-state index contributed by atoms with van der Waals surface area (Å²) in [6.45, 7) is 18.7. The maximum Gasteiger partial charge on any atom is 0.327 e. The molecular weight excluding hydrogens is 552 g/mol. The lowest BCUT2D eigenvalue weighted by Gasteiger charge is -2.37. The molecule has 0 aromatic heterocycles. The molecule has 1 amide bonds. The van der Waals surface area contributed by atoms with E-state index in [4.69, 9.17) is 4.74 Å². The third-order valence-corrected chi connectivity index (χ3v) is 10.1. The van der Waals surface area contributed by atoms with Crippen LogP contribution in [0.3, 0.4) is 0 Å². The molecule has 0 aromatic rings. The van der Waals surface area contributed by atoms with Gasteiger partial charge in [0.1, 0.15) is 17.9 Å². The number of ketones is 1. The molecule has 1 saturated carbocycles. The van der Waals surface area contributed by atoms with E-state index < -0.39 is 46.4 Å². The summed E-state index contributed by atoms with van der Waals surface area (Å²) in [4.78, 5) is 49.0. The first-order chi connectivity index (χ1) is 18.0. The largest absolute Gasteiger partial charge is 0.480 e. The van der Waals surface area contributed by atoms with E-state index in [-0.39, 0.29) is 34.2 Å². The Bertz CT molecular complexity index is 894. The number of carboxylic acids is 2. The van der Waals surface area contributed by atoms with Crippen LogP contribution >= 0.6 is 23.5 Å². The first kappa shape index (κ1) is 36.7. The van der Waals surface area contributed by atoms with Crippen LogP contribution in [0.4, 0.5) is 0 Å². The second-order valence-electron chi connectivity index (χ2n) is 14.1. The van der Waals surface area contributed by atoms with E-state index >= 15 is 0 Å². The van der Waals surface area contributed by atoms with E-state index in [0.29, 0.717) is 18.6 Å². The maximum absolute atomic E-state index is 13.1. The molecule has 1 fully saturated rings. The average molecular weight is 605 g/mol. The number of carboxylic acid groups (broad SMARTS) is 2. The molecule has 0 aliphatic heterocycles. The van der Waals surface area contributed by atoms with E-state index in [1.54, 1.807) is 25.6 Å². The van der Waals surface area contributed by atoms with Crippen molar-refractivity contribution in [3.8, 4) is 0 Å². The predicted octanol–water partition coefficient (Wildman–Crippen LogP) is 4.61. The van der Waals surface area contributed by atoms with E-state index in [1.165, 1.54) is 11.8 Å². The number of nitrogens with one attached hydrogen (secondary N) is 2. The van der Waals surface area contributed by atoms with Crippen LogP contribution < -0.4 is 10.6 Å². The van der Waals surface area contributed by atoms with Gasteiger partial charge in [-0.3, -0.25) is 19.7 Å². The summed E-state index contributed by atoms with van der Waals surface area (Å²) in [6, 6.07) is -1.70. The number of ether oxygens (including phenoxy) is 1. The molecule has 1 rings (SSSR count). The maximum atomic E-state index is 13.1. The average Bonchev–Trinajstić information content (AvgIpc) is 2.77. The first-order valence-corrected chi connectivity index (χ1v) is 16.1. The fraction of sp³-hybridized carbons (Fsp3) is 0.862. The van der Waals surface area contributed by atoms with Crippen molar-refractivity contribution in [2.24, 2.45) is 10.8 Å². The first-order valence-electron chi connectivity index (χ1n) is 14.0. The number of hydrogen-bond acceptors (Lipinski definition) is 8. The molecule has 1 aliphatic carbocycles. The van der Waals surface area contributed by atoms with Gasteiger partial charge in [-0.25, -0.2) is 4.79 Å². The summed E-state index contributed by atoms with van der Waals surface area (Å²) in [5.41, 5.74) is -2.31. The fourth-order valence-corrected chi connectivity index (χ4v) is 6.90. The monoisotopic (exact) mass is 604 g/mol. The molecule has 0 spiro atoms. The van der Waals surface area contributed by atoms with Crippen molar-refractivity contribution in [3.63, 3.8) is 0 Å². The van der Waals surface area contributed by atoms with Gasteiger partial charge in [-0.2, -0.15) is 23.5 Å². The van der Waals surface area contributed by atoms with Crippen molar-refractivity contribution in [2.75, 3.05) is 18.1 Å². The number of Topliss-reactive ketones (excluding diaryl/α,β-unsaturated/α-hetero) is 1. The van der Waals surface area contributed by atoms with Gasteiger partial charge in [-0.05, 0) is 67.7 Å². The van der Waals surface area contributed by atoms with Crippen LogP contribution in [-0.4, -0.2) is 85.7 Å². The second-order valence-corrected chi connectivity index (χ2v) is 16.6. The molecule has 4 N–H and O–H groups in total. The molecule has 0 radical (unpaired) electrons. The van der Waals surface area contributed by atoms with Gasteiger partial charge in [0.25, 0.3) is 0 Å². The smallest absolute Gasteiger partial charge is 0.327 e. The van der Waals surface area contributed by atoms with Crippen LogP contribution in [0.15, 0.2) is 0 Å². The highest BCUT2D eigenvalue weighted by Crippen LogP contribution is 2.40. The minimum Gasteiger partial charge on any atom is -0.480 e. The van der Waals surface area contributed by atoms with Gasteiger partial charge in [0.15, 0.2) is 0 Å². The number of aliphatic carboxylic acids is 2. The Morgan fingerprint density at radius 2 is 1.30 bits per heavy atom. The van der Waals surface area contributed by atoms with Gasteiger partial charge in [0.2, 0.25) is 5.91 Å². The Kier molecular flexibility index (Phi) is 13.5. The van der Waals surface area contributed by atoms with E-state index in [9.17, 15) is 29.4 Å². The van der Waals surface area contributed by atoms with E-state index in [2.05, 4.69) is 10.6 Å².